The van der Waals surface area contributed by atoms with Crippen LogP contribution in [-0.4, -0.2) is 54.6 Å². The van der Waals surface area contributed by atoms with Crippen molar-refractivity contribution in [1.82, 2.24) is 9.80 Å². The summed E-state index contributed by atoms with van der Waals surface area (Å²) < 4.78 is 11.2. The first kappa shape index (κ1) is 15.0. The van der Waals surface area contributed by atoms with E-state index in [9.17, 15) is 4.79 Å². The second-order valence-corrected chi connectivity index (χ2v) is 6.92. The van der Waals surface area contributed by atoms with Crippen molar-refractivity contribution in [2.75, 3.05) is 32.8 Å². The molecule has 1 aromatic heterocycles. The molecular weight excluding hydrogens is 292 g/mol. The molecule has 3 aliphatic rings. The summed E-state index contributed by atoms with van der Waals surface area (Å²) >= 11 is 0. The van der Waals surface area contributed by atoms with Crippen molar-refractivity contribution in [2.45, 2.75) is 25.5 Å². The molecule has 0 N–H and O–H groups in total. The normalized spacial score (nSPS) is 29.0. The molecule has 1 amide bonds. The lowest BCUT2D eigenvalue weighted by atomic mass is 10.1. The third-order valence-corrected chi connectivity index (χ3v) is 5.27. The monoisotopic (exact) mass is 316 g/mol. The van der Waals surface area contributed by atoms with Crippen LogP contribution in [0.4, 0.5) is 0 Å². The zero-order chi connectivity index (χ0) is 15.6. The molecule has 23 heavy (non-hydrogen) atoms. The summed E-state index contributed by atoms with van der Waals surface area (Å²) in [4.78, 5) is 17.1. The van der Waals surface area contributed by atoms with Gasteiger partial charge in [0, 0.05) is 50.1 Å². The first-order valence-corrected chi connectivity index (χ1v) is 8.58. The lowest BCUT2D eigenvalue weighted by Gasteiger charge is -2.24. The molecule has 3 heterocycles. The predicted molar refractivity (Wildman–Crippen MR) is 85.7 cm³/mol. The molecule has 1 aliphatic carbocycles. The van der Waals surface area contributed by atoms with Crippen LogP contribution in [0.5, 0.6) is 0 Å². The van der Waals surface area contributed by atoms with Gasteiger partial charge in [0.2, 0.25) is 5.91 Å². The summed E-state index contributed by atoms with van der Waals surface area (Å²) in [6.45, 7) is 5.16. The second kappa shape index (κ2) is 6.49. The largest absolute Gasteiger partial charge is 0.472 e. The number of hydrogen-bond acceptors (Lipinski definition) is 4. The molecule has 0 radical (unpaired) electrons. The second-order valence-electron chi connectivity index (χ2n) is 6.92. The highest BCUT2D eigenvalue weighted by molar-refractivity contribution is 5.80. The first-order valence-electron chi connectivity index (χ1n) is 8.58. The zero-order valence-electron chi connectivity index (χ0n) is 13.4. The quantitative estimate of drug-likeness (QED) is 0.799. The minimum Gasteiger partial charge on any atom is -0.472 e. The van der Waals surface area contributed by atoms with Crippen LogP contribution in [0.15, 0.2) is 35.2 Å². The summed E-state index contributed by atoms with van der Waals surface area (Å²) in [7, 11) is 0. The van der Waals surface area contributed by atoms with E-state index in [0.29, 0.717) is 11.8 Å². The van der Waals surface area contributed by atoms with Gasteiger partial charge in [-0.2, -0.15) is 0 Å². The van der Waals surface area contributed by atoms with Gasteiger partial charge in [0.1, 0.15) is 0 Å². The minimum atomic E-state index is 0.166. The fraction of sp³-hybridized carbons (Fsp3) is 0.611. The van der Waals surface area contributed by atoms with Crippen LogP contribution in [0.1, 0.15) is 18.4 Å². The fourth-order valence-corrected chi connectivity index (χ4v) is 4.00. The molecule has 2 fully saturated rings. The lowest BCUT2D eigenvalue weighted by molar-refractivity contribution is -0.134. The molecule has 0 spiro atoms. The van der Waals surface area contributed by atoms with E-state index in [-0.39, 0.29) is 12.0 Å². The Morgan fingerprint density at radius 3 is 2.87 bits per heavy atom. The highest BCUT2D eigenvalue weighted by Crippen LogP contribution is 2.28. The number of rotatable bonds is 3. The van der Waals surface area contributed by atoms with Gasteiger partial charge in [-0.1, -0.05) is 12.2 Å². The highest BCUT2D eigenvalue weighted by atomic mass is 16.5. The van der Waals surface area contributed by atoms with Crippen LogP contribution >= 0.6 is 0 Å². The van der Waals surface area contributed by atoms with Crippen molar-refractivity contribution in [3.05, 3.63) is 36.3 Å². The summed E-state index contributed by atoms with van der Waals surface area (Å²) in [5.41, 5.74) is 1.20. The maximum absolute atomic E-state index is 12.6. The van der Waals surface area contributed by atoms with Crippen LogP contribution in [0, 0.1) is 11.8 Å². The Labute approximate surface area is 136 Å². The number of carbonyl (C=O) groups is 1. The summed E-state index contributed by atoms with van der Waals surface area (Å²) in [6, 6.07) is 2.01. The molecule has 0 aromatic carbocycles. The third-order valence-electron chi connectivity index (χ3n) is 5.27. The van der Waals surface area contributed by atoms with Crippen molar-refractivity contribution in [3.63, 3.8) is 0 Å². The SMILES string of the molecule is O=C(C1CC=CC1)N1C[C@@H]2CN(Cc3ccoc3)CCO[C@@H]2C1. The molecule has 0 saturated carbocycles. The number of carbonyl (C=O) groups excluding carboxylic acids is 1. The number of allylic oxidation sites excluding steroid dienone is 2. The molecule has 5 heteroatoms. The number of hydrogen-bond donors (Lipinski definition) is 0. The van der Waals surface area contributed by atoms with Crippen LogP contribution in [0.2, 0.25) is 0 Å². The van der Waals surface area contributed by atoms with Crippen LogP contribution in [0.3, 0.4) is 0 Å². The average molecular weight is 316 g/mol. The Balaban J connectivity index is 1.37. The van der Waals surface area contributed by atoms with Crippen molar-refractivity contribution in [2.24, 2.45) is 11.8 Å². The van der Waals surface area contributed by atoms with Crippen molar-refractivity contribution < 1.29 is 13.9 Å². The third kappa shape index (κ3) is 3.21. The molecular formula is C18H24N2O3. The van der Waals surface area contributed by atoms with E-state index >= 15 is 0 Å². The molecule has 2 atom stereocenters. The Bertz CT molecular complexity index is 561. The van der Waals surface area contributed by atoms with Gasteiger partial charge in [-0.3, -0.25) is 9.69 Å². The van der Waals surface area contributed by atoms with Crippen molar-refractivity contribution in [3.8, 4) is 0 Å². The maximum Gasteiger partial charge on any atom is 0.226 e. The van der Waals surface area contributed by atoms with Gasteiger partial charge in [-0.05, 0) is 18.9 Å². The van der Waals surface area contributed by atoms with E-state index in [1.54, 1.807) is 12.5 Å². The number of likely N-dealkylation sites (tertiary alicyclic amines) is 1. The molecule has 2 aliphatic heterocycles. The number of fused-ring (bicyclic) bond motifs is 1. The van der Waals surface area contributed by atoms with Crippen LogP contribution in [0.25, 0.3) is 0 Å². The van der Waals surface area contributed by atoms with Crippen LogP contribution < -0.4 is 0 Å². The number of furan rings is 1. The van der Waals surface area contributed by atoms with E-state index < -0.39 is 0 Å². The summed E-state index contributed by atoms with van der Waals surface area (Å²) in [5, 5.41) is 0. The Kier molecular flexibility index (Phi) is 4.23. The van der Waals surface area contributed by atoms with Gasteiger partial charge in [0.25, 0.3) is 0 Å². The lowest BCUT2D eigenvalue weighted by Crippen LogP contribution is -2.36. The van der Waals surface area contributed by atoms with Gasteiger partial charge in [-0.15, -0.1) is 0 Å². The standard InChI is InChI=1S/C18H24N2O3/c21-18(15-3-1-2-4-15)20-11-16-10-19(6-8-23-17(16)12-20)9-14-5-7-22-13-14/h1-2,5,7,13,15-17H,3-4,6,8-12H2/t16-,17+/m0/s1. The average Bonchev–Trinajstić information content (AvgIpc) is 3.28. The molecule has 5 nitrogen and oxygen atoms in total. The molecule has 0 unspecified atom stereocenters. The Morgan fingerprint density at radius 1 is 1.22 bits per heavy atom. The van der Waals surface area contributed by atoms with Gasteiger partial charge in [0.15, 0.2) is 0 Å². The highest BCUT2D eigenvalue weighted by Gasteiger charge is 2.40. The van der Waals surface area contributed by atoms with Gasteiger partial charge < -0.3 is 14.1 Å². The molecule has 2 saturated heterocycles. The number of amides is 1. The molecule has 1 aromatic rings. The Hall–Kier alpha value is -1.59. The molecule has 0 bridgehead atoms. The van der Waals surface area contributed by atoms with E-state index in [2.05, 4.69) is 17.1 Å². The zero-order valence-corrected chi connectivity index (χ0v) is 13.4. The number of nitrogens with zero attached hydrogens (tertiary/aromatic N) is 2. The maximum atomic E-state index is 12.6. The first-order chi connectivity index (χ1) is 11.3. The predicted octanol–water partition coefficient (Wildman–Crippen LogP) is 1.91. The van der Waals surface area contributed by atoms with E-state index in [1.165, 1.54) is 5.56 Å². The number of ether oxygens (including phenoxy) is 1. The topological polar surface area (TPSA) is 45.9 Å². The van der Waals surface area contributed by atoms with Gasteiger partial charge in [-0.25, -0.2) is 0 Å². The Morgan fingerprint density at radius 2 is 2.09 bits per heavy atom. The summed E-state index contributed by atoms with van der Waals surface area (Å²) in [6.07, 6.45) is 9.78. The van der Waals surface area contributed by atoms with E-state index in [4.69, 9.17) is 9.15 Å². The van der Waals surface area contributed by atoms with Gasteiger partial charge >= 0.3 is 0 Å². The van der Waals surface area contributed by atoms with Crippen molar-refractivity contribution in [1.29, 1.82) is 0 Å². The minimum absolute atomic E-state index is 0.166. The molecule has 4 rings (SSSR count). The van der Waals surface area contributed by atoms with Crippen molar-refractivity contribution >= 4 is 5.91 Å². The fourth-order valence-electron chi connectivity index (χ4n) is 4.00. The summed E-state index contributed by atoms with van der Waals surface area (Å²) in [5.74, 6) is 0.898. The van der Waals surface area contributed by atoms with Gasteiger partial charge in [0.05, 0.1) is 25.2 Å². The van der Waals surface area contributed by atoms with Crippen LogP contribution in [-0.2, 0) is 16.1 Å². The van der Waals surface area contributed by atoms with E-state index in [0.717, 1.165) is 52.2 Å². The molecule has 124 valence electrons. The van der Waals surface area contributed by atoms with E-state index in [1.807, 2.05) is 11.0 Å². The smallest absolute Gasteiger partial charge is 0.226 e.